The molecule has 2 aliphatic rings. The summed E-state index contributed by atoms with van der Waals surface area (Å²) >= 11 is 0. The van der Waals surface area contributed by atoms with E-state index in [4.69, 9.17) is 21.9 Å². The topological polar surface area (TPSA) is 340 Å². The van der Waals surface area contributed by atoms with Gasteiger partial charge in [0.2, 0.25) is 21.8 Å². The average molecular weight is 1030 g/mol. The Hall–Kier alpha value is -8.84. The number of carboxylic acid groups (broad SMARTS) is 1. The van der Waals surface area contributed by atoms with Crippen molar-refractivity contribution in [2.75, 3.05) is 77.4 Å². The van der Waals surface area contributed by atoms with Gasteiger partial charge in [-0.1, -0.05) is 46.5 Å². The van der Waals surface area contributed by atoms with Gasteiger partial charge in [0.1, 0.15) is 23.7 Å². The Morgan fingerprint density at radius 3 is 2.19 bits per heavy atom. The number of methoxy groups -OCH3 is 1. The van der Waals surface area contributed by atoms with Gasteiger partial charge in [0.15, 0.2) is 5.43 Å². The van der Waals surface area contributed by atoms with E-state index in [1.54, 1.807) is 42.5 Å². The molecular formula is C50H55N11O12S. The number of benzene rings is 5. The van der Waals surface area contributed by atoms with E-state index in [1.807, 2.05) is 37.2 Å². The smallest absolute Gasteiger partial charge is 0.407 e. The molecule has 0 aromatic heterocycles. The van der Waals surface area contributed by atoms with E-state index in [0.717, 1.165) is 11.1 Å². The summed E-state index contributed by atoms with van der Waals surface area (Å²) in [6.45, 7) is 1.97. The van der Waals surface area contributed by atoms with Gasteiger partial charge in [-0.15, -0.1) is 6.42 Å². The molecule has 0 saturated carbocycles. The summed E-state index contributed by atoms with van der Waals surface area (Å²) < 4.78 is 42.7. The summed E-state index contributed by atoms with van der Waals surface area (Å²) in [4.78, 5) is 66.7. The third kappa shape index (κ3) is 17.5. The normalized spacial score (nSPS) is 10.5. The first-order valence-electron chi connectivity index (χ1n) is 22.7. The summed E-state index contributed by atoms with van der Waals surface area (Å²) in [5, 5.41) is 36.5. The maximum absolute atomic E-state index is 12.5. The van der Waals surface area contributed by atoms with E-state index in [0.29, 0.717) is 53.5 Å². The fraction of sp³-hybridized carbons (Fsp3) is 0.300. The van der Waals surface area contributed by atoms with Crippen LogP contribution in [0.15, 0.2) is 115 Å². The minimum absolute atomic E-state index is 0.0484. The quantitative estimate of drug-likeness (QED) is 0.00946. The van der Waals surface area contributed by atoms with Crippen LogP contribution >= 0.6 is 0 Å². The fourth-order valence-electron chi connectivity index (χ4n) is 7.07. The second kappa shape index (κ2) is 29.5. The number of ether oxygens (including phenoxy) is 2. The molecule has 0 spiro atoms. The molecule has 0 atom stereocenters. The Morgan fingerprint density at radius 2 is 1.50 bits per heavy atom. The number of terminal acetylenes is 1. The van der Waals surface area contributed by atoms with Gasteiger partial charge in [0.25, 0.3) is 0 Å². The van der Waals surface area contributed by atoms with Crippen LogP contribution in [0.3, 0.4) is 0 Å². The number of nitrogens with one attached hydrogen (secondary N) is 4. The third-order valence-electron chi connectivity index (χ3n) is 10.4. The summed E-state index contributed by atoms with van der Waals surface area (Å²) in [6.07, 6.45) is 5.82. The van der Waals surface area contributed by atoms with Gasteiger partial charge in [-0.05, 0) is 84.4 Å². The second-order valence-corrected chi connectivity index (χ2v) is 17.6. The van der Waals surface area contributed by atoms with Crippen molar-refractivity contribution in [1.82, 2.24) is 15.4 Å². The Morgan fingerprint density at radius 1 is 0.811 bits per heavy atom. The number of carboxylic acids is 1. The minimum atomic E-state index is -3.62. The van der Waals surface area contributed by atoms with Gasteiger partial charge in [0.05, 0.1) is 23.6 Å². The van der Waals surface area contributed by atoms with Crippen molar-refractivity contribution in [3.63, 3.8) is 0 Å². The fourth-order valence-corrected chi connectivity index (χ4v) is 8.36. The van der Waals surface area contributed by atoms with Gasteiger partial charge in [0, 0.05) is 121 Å². The molecule has 4 aromatic carbocycles. The van der Waals surface area contributed by atoms with Crippen LogP contribution in [-0.2, 0) is 29.1 Å². The lowest BCUT2D eigenvalue weighted by Crippen LogP contribution is -2.25. The van der Waals surface area contributed by atoms with Gasteiger partial charge in [-0.25, -0.2) is 22.7 Å². The first kappa shape index (κ1) is 57.7. The number of hydrogen-bond donors (Lipinski definition) is 6. The predicted octanol–water partition coefficient (Wildman–Crippen LogP) is 7.77. The number of carbonyl (C=O) groups is 4. The number of fused-ring (bicyclic) bond motifs is 3. The van der Waals surface area contributed by atoms with Crippen LogP contribution in [0.5, 0.6) is 5.75 Å². The lowest BCUT2D eigenvalue weighted by Gasteiger charge is -2.17. The second-order valence-electron chi connectivity index (χ2n) is 15.9. The monoisotopic (exact) mass is 1030 g/mol. The molecule has 6 rings (SSSR count). The number of nitrogens with zero attached hydrogens (tertiary/aromatic N) is 7. The number of azide groups is 2. The van der Waals surface area contributed by atoms with Crippen LogP contribution < -0.4 is 31.0 Å². The SMILES string of the molecule is C#CCNC(=O)OCCOC.CN(C)c1cccc2c(S(=O)(=O)NCCCN=[N+]=[N-])cccc12.[N-]=[N+]=NCCCNC(=O)CCCC(=O)Nc1ccc(-c2c3ccc(=O)cc-3oc3cc(O)ccc23)c(C(=O)O)c1. The molecule has 1 aliphatic heterocycles. The molecule has 3 amide bonds. The van der Waals surface area contributed by atoms with Crippen LogP contribution in [0.25, 0.3) is 65.1 Å². The summed E-state index contributed by atoms with van der Waals surface area (Å²) in [5.74, 6) is 0.582. The molecule has 24 heteroatoms. The number of aromatic carboxylic acids is 1. The standard InChI is InChI=1S/C28H25N5O7.C15H19N5O2S.C7H11NO3/c29-33-31-12-2-11-30-25(36)3-1-4-26(37)32-16-5-8-19(22(13-16)28(38)39)27-20-9-6-17(34)14-23(20)40-24-15-18(35)7-10-21(24)27;1-20(2)14-8-3-7-13-12(14)6-4-9-15(13)23(21,22)18-11-5-10-17-19-16;1-3-4-8-7(9)11-6-5-10-2/h5-10,13-15,34H,1-4,11-12H2,(H,30,36)(H,32,37)(H,38,39);3-4,6-9,18H,5,10-11H2,1-2H3;1H,4-6H2,2H3,(H,8,9). The Bertz CT molecular complexity index is 3220. The van der Waals surface area contributed by atoms with E-state index in [2.05, 4.69) is 56.1 Å². The van der Waals surface area contributed by atoms with Gasteiger partial charge < -0.3 is 45.0 Å². The van der Waals surface area contributed by atoms with E-state index in [-0.39, 0.29) is 103 Å². The Balaban J connectivity index is 0.000000292. The molecule has 4 aromatic rings. The zero-order valence-electron chi connectivity index (χ0n) is 40.7. The molecule has 0 fully saturated rings. The number of carbonyl (C=O) groups excluding carboxylic acids is 3. The number of aromatic hydroxyl groups is 1. The highest BCUT2D eigenvalue weighted by molar-refractivity contribution is 7.89. The van der Waals surface area contributed by atoms with Crippen molar-refractivity contribution >= 4 is 67.0 Å². The van der Waals surface area contributed by atoms with E-state index >= 15 is 0 Å². The molecule has 0 saturated heterocycles. The summed E-state index contributed by atoms with van der Waals surface area (Å²) in [5.41, 5.74) is 18.9. The minimum Gasteiger partial charge on any atom is -0.508 e. The molecule has 23 nitrogen and oxygen atoms in total. The van der Waals surface area contributed by atoms with Crippen LogP contribution in [0.1, 0.15) is 42.5 Å². The van der Waals surface area contributed by atoms with E-state index < -0.39 is 22.1 Å². The summed E-state index contributed by atoms with van der Waals surface area (Å²) in [6, 6.07) is 24.0. The van der Waals surface area contributed by atoms with Gasteiger partial charge >= 0.3 is 12.1 Å². The number of alkyl carbamates (subject to hydrolysis) is 1. The zero-order valence-corrected chi connectivity index (χ0v) is 41.6. The number of anilines is 2. The lowest BCUT2D eigenvalue weighted by atomic mass is 9.90. The highest BCUT2D eigenvalue weighted by Gasteiger charge is 2.23. The maximum atomic E-state index is 12.5. The molecule has 1 aliphatic carbocycles. The molecule has 6 N–H and O–H groups in total. The number of amides is 3. The number of sulfonamides is 1. The Kier molecular flexibility index (Phi) is 23.0. The van der Waals surface area contributed by atoms with Crippen molar-refractivity contribution in [2.45, 2.75) is 37.0 Å². The first-order chi connectivity index (χ1) is 35.5. The molecule has 0 bridgehead atoms. The zero-order chi connectivity index (χ0) is 54.0. The van der Waals surface area contributed by atoms with Crippen LogP contribution in [-0.4, -0.2) is 110 Å². The van der Waals surface area contributed by atoms with Gasteiger partial charge in [-0.3, -0.25) is 14.4 Å². The van der Waals surface area contributed by atoms with E-state index in [9.17, 15) is 42.6 Å². The van der Waals surface area contributed by atoms with Crippen molar-refractivity contribution in [1.29, 1.82) is 0 Å². The first-order valence-corrected chi connectivity index (χ1v) is 24.2. The largest absolute Gasteiger partial charge is 0.508 e. The van der Waals surface area contributed by atoms with Crippen molar-refractivity contribution < 1.29 is 51.7 Å². The molecule has 74 heavy (non-hydrogen) atoms. The highest BCUT2D eigenvalue weighted by Crippen LogP contribution is 2.42. The van der Waals surface area contributed by atoms with Crippen molar-refractivity contribution in [3.05, 3.63) is 128 Å². The summed E-state index contributed by atoms with van der Waals surface area (Å²) in [7, 11) is 1.75. The number of rotatable bonds is 22. The van der Waals surface area contributed by atoms with Crippen LogP contribution in [0.4, 0.5) is 16.2 Å². The number of hydrogen-bond acceptors (Lipinski definition) is 14. The van der Waals surface area contributed by atoms with Gasteiger partial charge in [-0.2, -0.15) is 0 Å². The van der Waals surface area contributed by atoms with Crippen molar-refractivity contribution in [3.8, 4) is 40.5 Å². The molecule has 0 radical (unpaired) electrons. The molecule has 0 unspecified atom stereocenters. The van der Waals surface area contributed by atoms with Crippen molar-refractivity contribution in [2.24, 2.45) is 10.2 Å². The number of phenolic OH excluding ortho intramolecular Hbond substituents is 1. The average Bonchev–Trinajstić information content (AvgIpc) is 3.37. The molecule has 1 heterocycles. The lowest BCUT2D eigenvalue weighted by molar-refractivity contribution is -0.121. The van der Waals surface area contributed by atoms with E-state index in [1.165, 1.54) is 37.4 Å². The van der Waals surface area contributed by atoms with Crippen LogP contribution in [0.2, 0.25) is 0 Å². The molecular weight excluding hydrogens is 979 g/mol. The third-order valence-corrected chi connectivity index (χ3v) is 11.9. The number of phenols is 1. The predicted molar refractivity (Wildman–Crippen MR) is 279 cm³/mol. The Labute approximate surface area is 425 Å². The maximum Gasteiger partial charge on any atom is 0.407 e. The highest BCUT2D eigenvalue weighted by atomic mass is 32.2. The molecule has 388 valence electrons. The van der Waals surface area contributed by atoms with Crippen LogP contribution in [0, 0.1) is 12.3 Å².